The molecule has 0 rings (SSSR count). The Kier molecular flexibility index (Phi) is 19.9. The molecule has 0 aromatic heterocycles. The monoisotopic (exact) mass is 194 g/mol. The van der Waals surface area contributed by atoms with E-state index < -0.39 is 0 Å². The van der Waals surface area contributed by atoms with Gasteiger partial charge in [-0.05, 0) is 13.3 Å². The van der Waals surface area contributed by atoms with Gasteiger partial charge >= 0.3 is 5.97 Å². The predicted octanol–water partition coefficient (Wildman–Crippen LogP) is 1.37. The Morgan fingerprint density at radius 2 is 1.83 bits per heavy atom. The Labute approximate surface area is 83.0 Å². The van der Waals surface area contributed by atoms with Crippen molar-refractivity contribution in [3.8, 4) is 0 Å². The van der Waals surface area contributed by atoms with Crippen molar-refractivity contribution < 1.29 is 9.53 Å². The maximum Gasteiger partial charge on any atom is 0.305 e. The first-order chi connectivity index (χ1) is 4.81. The first kappa shape index (κ1) is 17.8. The van der Waals surface area contributed by atoms with Crippen molar-refractivity contribution in [3.63, 3.8) is 0 Å². The summed E-state index contributed by atoms with van der Waals surface area (Å²) in [6, 6.07) is 0. The molecule has 0 amide bonds. The number of hydrogen-bond acceptors (Lipinski definition) is 2. The summed E-state index contributed by atoms with van der Waals surface area (Å²) in [5.74, 6) is -0.0593. The first-order valence-electron chi connectivity index (χ1n) is 3.96. The van der Waals surface area contributed by atoms with Crippen LogP contribution in [0.1, 0.15) is 39.5 Å². The summed E-state index contributed by atoms with van der Waals surface area (Å²) in [4.78, 5) is 10.7. The topological polar surface area (TPSA) is 26.3 Å². The second-order valence-corrected chi connectivity index (χ2v) is 2.26. The van der Waals surface area contributed by atoms with E-state index in [1.54, 1.807) is 0 Å². The van der Waals surface area contributed by atoms with Crippen LogP contribution in [0.15, 0.2) is 0 Å². The summed E-state index contributed by atoms with van der Waals surface area (Å²) in [5.41, 5.74) is 0. The Morgan fingerprint density at radius 1 is 1.25 bits per heavy atom. The van der Waals surface area contributed by atoms with Gasteiger partial charge in [-0.2, -0.15) is 0 Å². The Bertz CT molecular complexity index is 99.1. The lowest BCUT2D eigenvalue weighted by Gasteiger charge is -1.99. The largest absolute Gasteiger partial charge is 0.466 e. The fourth-order valence-electron chi connectivity index (χ4n) is 0.752. The van der Waals surface area contributed by atoms with E-state index >= 15 is 0 Å². The highest BCUT2D eigenvalue weighted by molar-refractivity contribution is 5.85. The molecule has 0 radical (unpaired) electrons. The number of esters is 1. The summed E-state index contributed by atoms with van der Waals surface area (Å²) in [6.07, 6.45) is 3.83. The van der Waals surface area contributed by atoms with Crippen molar-refractivity contribution in [3.05, 3.63) is 0 Å². The molecule has 0 aromatic rings. The standard InChI is InChI=1S/C8H16O2.BH3.ClH/c1-3-5-6-7-8(9)10-4-2;;/h3-7H2,1-2H3;1H3;1H. The van der Waals surface area contributed by atoms with Crippen molar-refractivity contribution in [2.45, 2.75) is 39.5 Å². The van der Waals surface area contributed by atoms with Crippen LogP contribution in [0.5, 0.6) is 0 Å². The third-order valence-corrected chi connectivity index (χ3v) is 1.29. The van der Waals surface area contributed by atoms with Crippen LogP contribution in [-0.4, -0.2) is 21.0 Å². The molecule has 0 saturated carbocycles. The van der Waals surface area contributed by atoms with E-state index in [0.717, 1.165) is 19.3 Å². The number of carbonyl (C=O) groups is 1. The van der Waals surface area contributed by atoms with Crippen LogP contribution in [0.2, 0.25) is 0 Å². The van der Waals surface area contributed by atoms with Crippen LogP contribution in [0.3, 0.4) is 0 Å². The molecule has 0 N–H and O–H groups in total. The zero-order valence-corrected chi connectivity index (χ0v) is 8.08. The minimum Gasteiger partial charge on any atom is -0.466 e. The van der Waals surface area contributed by atoms with Gasteiger partial charge in [0.1, 0.15) is 0 Å². The molecule has 74 valence electrons. The number of hydrogen-bond donors (Lipinski definition) is 0. The Balaban J connectivity index is -0.000000405. The van der Waals surface area contributed by atoms with Gasteiger partial charge in [-0.3, -0.25) is 4.79 Å². The molecule has 0 unspecified atom stereocenters. The zero-order valence-electron chi connectivity index (χ0n) is 7.26. The maximum atomic E-state index is 10.7. The second kappa shape index (κ2) is 13.4. The van der Waals surface area contributed by atoms with Crippen LogP contribution in [0, 0.1) is 0 Å². The van der Waals surface area contributed by atoms with E-state index in [1.165, 1.54) is 0 Å². The fraction of sp³-hybridized carbons (Fsp3) is 0.875. The molecule has 0 aliphatic heterocycles. The molecule has 0 bridgehead atoms. The Hall–Kier alpha value is -0.175. The number of carbonyl (C=O) groups excluding carboxylic acids is 1. The SMILES string of the molecule is B.CCCCCC(=O)OCC.Cl. The van der Waals surface area contributed by atoms with Crippen molar-refractivity contribution in [2.75, 3.05) is 6.61 Å². The van der Waals surface area contributed by atoms with Gasteiger partial charge in [-0.1, -0.05) is 19.8 Å². The highest BCUT2D eigenvalue weighted by Gasteiger charge is 1.98. The first-order valence-corrected chi connectivity index (χ1v) is 3.96. The quantitative estimate of drug-likeness (QED) is 0.375. The van der Waals surface area contributed by atoms with E-state index in [1.807, 2.05) is 6.92 Å². The lowest BCUT2D eigenvalue weighted by atomic mass is 10.2. The molecule has 0 aliphatic carbocycles. The van der Waals surface area contributed by atoms with Gasteiger partial charge < -0.3 is 4.74 Å². The average Bonchev–Trinajstić information content (AvgIpc) is 1.89. The fourth-order valence-corrected chi connectivity index (χ4v) is 0.752. The average molecular weight is 195 g/mol. The highest BCUT2D eigenvalue weighted by Crippen LogP contribution is 1.99. The van der Waals surface area contributed by atoms with Gasteiger partial charge in [0, 0.05) is 6.42 Å². The van der Waals surface area contributed by atoms with Gasteiger partial charge in [0.15, 0.2) is 0 Å². The van der Waals surface area contributed by atoms with Gasteiger partial charge in [-0.15, -0.1) is 12.4 Å². The third kappa shape index (κ3) is 12.5. The molecule has 4 heteroatoms. The van der Waals surface area contributed by atoms with Crippen molar-refractivity contribution in [1.82, 2.24) is 0 Å². The van der Waals surface area contributed by atoms with E-state index in [9.17, 15) is 4.79 Å². The summed E-state index contributed by atoms with van der Waals surface area (Å²) in [5, 5.41) is 0. The smallest absolute Gasteiger partial charge is 0.305 e. The molecule has 0 heterocycles. The second-order valence-electron chi connectivity index (χ2n) is 2.26. The van der Waals surface area contributed by atoms with Crippen LogP contribution in [0.25, 0.3) is 0 Å². The lowest BCUT2D eigenvalue weighted by Crippen LogP contribution is -2.02. The summed E-state index contributed by atoms with van der Waals surface area (Å²) in [7, 11) is 0. The van der Waals surface area contributed by atoms with Crippen molar-refractivity contribution in [2.24, 2.45) is 0 Å². The number of unbranched alkanes of at least 4 members (excludes halogenated alkanes) is 2. The van der Waals surface area contributed by atoms with E-state index in [-0.39, 0.29) is 26.8 Å². The minimum atomic E-state index is -0.0593. The van der Waals surface area contributed by atoms with Gasteiger partial charge in [-0.25, -0.2) is 0 Å². The van der Waals surface area contributed by atoms with Gasteiger partial charge in [0.25, 0.3) is 0 Å². The molecule has 12 heavy (non-hydrogen) atoms. The van der Waals surface area contributed by atoms with Crippen LogP contribution < -0.4 is 0 Å². The number of ether oxygens (including phenoxy) is 1. The van der Waals surface area contributed by atoms with E-state index in [0.29, 0.717) is 13.0 Å². The lowest BCUT2D eigenvalue weighted by molar-refractivity contribution is -0.143. The molecule has 0 aromatic carbocycles. The van der Waals surface area contributed by atoms with Crippen molar-refractivity contribution >= 4 is 26.8 Å². The predicted molar refractivity (Wildman–Crippen MR) is 58.0 cm³/mol. The highest BCUT2D eigenvalue weighted by atomic mass is 35.5. The maximum absolute atomic E-state index is 10.7. The van der Waals surface area contributed by atoms with Crippen molar-refractivity contribution in [1.29, 1.82) is 0 Å². The zero-order chi connectivity index (χ0) is 7.82. The van der Waals surface area contributed by atoms with Crippen LogP contribution >= 0.6 is 12.4 Å². The molecule has 0 spiro atoms. The van der Waals surface area contributed by atoms with E-state index in [4.69, 9.17) is 4.74 Å². The summed E-state index contributed by atoms with van der Waals surface area (Å²) < 4.78 is 4.75. The van der Waals surface area contributed by atoms with Crippen LogP contribution in [0.4, 0.5) is 0 Å². The van der Waals surface area contributed by atoms with Crippen LogP contribution in [-0.2, 0) is 9.53 Å². The summed E-state index contributed by atoms with van der Waals surface area (Å²) in [6.45, 7) is 4.45. The Morgan fingerprint density at radius 3 is 2.25 bits per heavy atom. The number of rotatable bonds is 5. The minimum absolute atomic E-state index is 0. The van der Waals surface area contributed by atoms with Gasteiger partial charge in [0.05, 0.1) is 15.0 Å². The van der Waals surface area contributed by atoms with E-state index in [2.05, 4.69) is 6.92 Å². The van der Waals surface area contributed by atoms with Gasteiger partial charge in [0.2, 0.25) is 0 Å². The molecular weight excluding hydrogens is 174 g/mol. The normalized spacial score (nSPS) is 7.83. The molecule has 0 aliphatic rings. The number of halogens is 1. The summed E-state index contributed by atoms with van der Waals surface area (Å²) >= 11 is 0. The molecule has 0 fully saturated rings. The third-order valence-electron chi connectivity index (χ3n) is 1.29. The molecule has 0 atom stereocenters. The molecule has 0 saturated heterocycles. The molecule has 2 nitrogen and oxygen atoms in total. The molecular formula is C8H20BClO2.